The normalized spacial score (nSPS) is 21.7. The number of amides is 3. The molecule has 26 heavy (non-hydrogen) atoms. The molecular weight excluding hydrogens is 348 g/mol. The lowest BCUT2D eigenvalue weighted by molar-refractivity contribution is -0.138. The zero-order valence-electron chi connectivity index (χ0n) is 14.6. The number of carboxylic acids is 1. The van der Waals surface area contributed by atoms with Crippen LogP contribution in [0.2, 0.25) is 0 Å². The third kappa shape index (κ3) is 5.86. The maximum absolute atomic E-state index is 11.5. The van der Waals surface area contributed by atoms with E-state index in [1.165, 1.54) is 18.3 Å². The van der Waals surface area contributed by atoms with Crippen LogP contribution in [0.25, 0.3) is 0 Å². The number of rotatable bonds is 5. The van der Waals surface area contributed by atoms with Crippen molar-refractivity contribution in [2.45, 2.75) is 31.1 Å². The Bertz CT molecular complexity index is 577. The van der Waals surface area contributed by atoms with E-state index in [4.69, 9.17) is 22.3 Å². The number of nitrogens with two attached hydrogens (primary N) is 3. The average Bonchev–Trinajstić information content (AvgIpc) is 3.05. The number of aliphatic imine (C=N–C) groups is 2. The predicted molar refractivity (Wildman–Crippen MR) is 94.3 cm³/mol. The minimum absolute atomic E-state index is 0. The molecule has 0 aromatic rings. The van der Waals surface area contributed by atoms with Crippen LogP contribution >= 0.6 is 0 Å². The molecule has 2 aliphatic rings. The van der Waals surface area contributed by atoms with Crippen molar-refractivity contribution in [3.8, 4) is 0 Å². The van der Waals surface area contributed by atoms with Crippen molar-refractivity contribution in [2.24, 2.45) is 27.2 Å². The number of carbonyl (C=O) groups is 3. The molecule has 2 unspecified atom stereocenters. The third-order valence-corrected chi connectivity index (χ3v) is 3.65. The fraction of sp³-hybridized carbons (Fsp3) is 0.615. The Balaban J connectivity index is 0.000000466. The van der Waals surface area contributed by atoms with E-state index in [0.717, 1.165) is 4.90 Å². The summed E-state index contributed by atoms with van der Waals surface area (Å²) in [5.74, 6) is -1.22. The quantitative estimate of drug-likeness (QED) is 0.183. The Kier molecular flexibility index (Phi) is 9.01. The Hall–Kier alpha value is -2.93. The SMILES string of the molecule is CN1C(=O)C2NC=NC2N(C)C1=O.NC(N)=NCCC[C@H](N)C(=O)O.O. The van der Waals surface area contributed by atoms with Crippen molar-refractivity contribution in [2.75, 3.05) is 20.6 Å². The van der Waals surface area contributed by atoms with Gasteiger partial charge in [0, 0.05) is 20.6 Å². The van der Waals surface area contributed by atoms with Crippen LogP contribution in [0.3, 0.4) is 0 Å². The molecule has 2 aliphatic heterocycles. The summed E-state index contributed by atoms with van der Waals surface area (Å²) in [5.41, 5.74) is 15.3. The zero-order valence-corrected chi connectivity index (χ0v) is 14.6. The summed E-state index contributed by atoms with van der Waals surface area (Å²) in [6, 6.07) is -1.54. The number of likely N-dealkylation sites (N-methyl/N-ethyl adjacent to an activating group) is 2. The predicted octanol–water partition coefficient (Wildman–Crippen LogP) is -3.54. The van der Waals surface area contributed by atoms with Crippen LogP contribution < -0.4 is 22.5 Å². The van der Waals surface area contributed by atoms with Crippen molar-refractivity contribution < 1.29 is 25.0 Å². The molecule has 1 fully saturated rings. The van der Waals surface area contributed by atoms with Crippen molar-refractivity contribution in [3.05, 3.63) is 0 Å². The second-order valence-corrected chi connectivity index (χ2v) is 5.52. The summed E-state index contributed by atoms with van der Waals surface area (Å²) in [6.45, 7) is 0.420. The number of imide groups is 1. The molecule has 1 saturated heterocycles. The number of carboxylic acid groups (broad SMARTS) is 1. The van der Waals surface area contributed by atoms with E-state index in [1.54, 1.807) is 7.05 Å². The average molecular weight is 374 g/mol. The fourth-order valence-corrected chi connectivity index (χ4v) is 2.19. The van der Waals surface area contributed by atoms with Gasteiger partial charge in [0.25, 0.3) is 5.91 Å². The van der Waals surface area contributed by atoms with E-state index in [2.05, 4.69) is 15.3 Å². The Morgan fingerprint density at radius 2 is 2.04 bits per heavy atom. The van der Waals surface area contributed by atoms with Gasteiger partial charge in [0.1, 0.15) is 12.1 Å². The number of hydrogen-bond donors (Lipinski definition) is 5. The van der Waals surface area contributed by atoms with Crippen LogP contribution in [0.5, 0.6) is 0 Å². The summed E-state index contributed by atoms with van der Waals surface area (Å²) >= 11 is 0. The molecular formula is C13H26N8O5. The number of hydrogen-bond acceptors (Lipinski definition) is 7. The van der Waals surface area contributed by atoms with E-state index in [-0.39, 0.29) is 29.5 Å². The Morgan fingerprint density at radius 3 is 2.58 bits per heavy atom. The van der Waals surface area contributed by atoms with Gasteiger partial charge in [-0.1, -0.05) is 0 Å². The molecule has 10 N–H and O–H groups in total. The highest BCUT2D eigenvalue weighted by Crippen LogP contribution is 2.17. The summed E-state index contributed by atoms with van der Waals surface area (Å²) < 4.78 is 0. The van der Waals surface area contributed by atoms with Gasteiger partial charge in [-0.05, 0) is 12.8 Å². The largest absolute Gasteiger partial charge is 0.480 e. The van der Waals surface area contributed by atoms with Crippen molar-refractivity contribution in [3.63, 3.8) is 0 Å². The standard InChI is InChI=1S/C7H10N4O2.C6H14N4O2.H2O/c1-10-5-4(8-3-9-5)6(12)11(2)7(10)13;7-4(5(11)12)2-1-3-10-6(8)9;/h3-5H,1-2H3,(H,8,9);4H,1-3,7H2,(H,11,12)(H4,8,9,10);1H2/t;4-;/m.0./s1. The summed E-state index contributed by atoms with van der Waals surface area (Å²) in [4.78, 5) is 43.3. The highest BCUT2D eigenvalue weighted by molar-refractivity contribution is 6.01. The summed E-state index contributed by atoms with van der Waals surface area (Å²) in [5, 5.41) is 11.2. The van der Waals surface area contributed by atoms with E-state index in [9.17, 15) is 14.4 Å². The minimum Gasteiger partial charge on any atom is -0.480 e. The topological polar surface area (TPSA) is 224 Å². The second-order valence-electron chi connectivity index (χ2n) is 5.52. The molecule has 3 amide bonds. The van der Waals surface area contributed by atoms with Gasteiger partial charge in [-0.25, -0.2) is 9.79 Å². The first-order valence-corrected chi connectivity index (χ1v) is 7.52. The van der Waals surface area contributed by atoms with Gasteiger partial charge in [-0.3, -0.25) is 19.5 Å². The maximum atomic E-state index is 11.5. The highest BCUT2D eigenvalue weighted by atomic mass is 16.4. The fourth-order valence-electron chi connectivity index (χ4n) is 2.19. The molecule has 13 nitrogen and oxygen atoms in total. The number of fused-ring (bicyclic) bond motifs is 1. The lowest BCUT2D eigenvalue weighted by Crippen LogP contribution is -2.62. The molecule has 0 bridgehead atoms. The van der Waals surface area contributed by atoms with Gasteiger partial charge in [0.15, 0.2) is 12.1 Å². The number of urea groups is 1. The van der Waals surface area contributed by atoms with Crippen LogP contribution in [-0.2, 0) is 9.59 Å². The lowest BCUT2D eigenvalue weighted by atomic mass is 10.1. The van der Waals surface area contributed by atoms with Gasteiger partial charge in [-0.2, -0.15) is 0 Å². The van der Waals surface area contributed by atoms with Crippen LogP contribution in [-0.4, -0.2) is 89.5 Å². The Morgan fingerprint density at radius 1 is 1.42 bits per heavy atom. The molecule has 0 spiro atoms. The van der Waals surface area contributed by atoms with Gasteiger partial charge >= 0.3 is 12.0 Å². The van der Waals surface area contributed by atoms with Gasteiger partial charge in [0.05, 0.1) is 6.34 Å². The van der Waals surface area contributed by atoms with Crippen LogP contribution in [0.15, 0.2) is 9.98 Å². The number of carbonyl (C=O) groups excluding carboxylic acids is 2. The van der Waals surface area contributed by atoms with Gasteiger partial charge in [-0.15, -0.1) is 0 Å². The third-order valence-electron chi connectivity index (χ3n) is 3.65. The highest BCUT2D eigenvalue weighted by Gasteiger charge is 2.44. The van der Waals surface area contributed by atoms with Gasteiger partial charge in [0.2, 0.25) is 0 Å². The van der Waals surface area contributed by atoms with Gasteiger partial charge < -0.3 is 38.0 Å². The first-order valence-electron chi connectivity index (χ1n) is 7.52. The molecule has 0 saturated carbocycles. The molecule has 148 valence electrons. The first kappa shape index (κ1) is 23.1. The van der Waals surface area contributed by atoms with E-state index >= 15 is 0 Å². The smallest absolute Gasteiger partial charge is 0.328 e. The molecule has 0 aromatic heterocycles. The molecule has 0 radical (unpaired) electrons. The molecule has 0 aliphatic carbocycles. The van der Waals surface area contributed by atoms with E-state index in [1.807, 2.05) is 0 Å². The molecule has 2 rings (SSSR count). The van der Waals surface area contributed by atoms with E-state index < -0.39 is 18.1 Å². The van der Waals surface area contributed by atoms with Crippen molar-refractivity contribution in [1.82, 2.24) is 15.1 Å². The van der Waals surface area contributed by atoms with E-state index in [0.29, 0.717) is 19.4 Å². The number of aliphatic carboxylic acids is 1. The minimum atomic E-state index is -1.00. The molecule has 0 aromatic carbocycles. The molecule has 2 heterocycles. The monoisotopic (exact) mass is 374 g/mol. The van der Waals surface area contributed by atoms with Crippen LogP contribution in [0, 0.1) is 0 Å². The van der Waals surface area contributed by atoms with Crippen LogP contribution in [0.4, 0.5) is 4.79 Å². The number of guanidine groups is 1. The summed E-state index contributed by atoms with van der Waals surface area (Å²) in [6.07, 6.45) is 2.05. The summed E-state index contributed by atoms with van der Waals surface area (Å²) in [7, 11) is 3.10. The van der Waals surface area contributed by atoms with Crippen molar-refractivity contribution >= 4 is 30.2 Å². The molecule has 3 atom stereocenters. The molecule has 13 heteroatoms. The first-order chi connectivity index (χ1) is 11.7. The Labute approximate surface area is 150 Å². The van der Waals surface area contributed by atoms with Crippen molar-refractivity contribution in [1.29, 1.82) is 0 Å². The van der Waals surface area contributed by atoms with Crippen LogP contribution in [0.1, 0.15) is 12.8 Å². The zero-order chi connectivity index (χ0) is 19.1. The second kappa shape index (κ2) is 10.1. The number of nitrogens with zero attached hydrogens (tertiary/aromatic N) is 4. The maximum Gasteiger partial charge on any atom is 0.328 e. The lowest BCUT2D eigenvalue weighted by Gasteiger charge is -2.36. The number of nitrogens with one attached hydrogen (secondary N) is 1.